The average Bonchev–Trinajstić information content (AvgIpc) is 3.65. The van der Waals surface area contributed by atoms with Gasteiger partial charge in [-0.25, -0.2) is 9.79 Å². The third-order valence-corrected chi connectivity index (χ3v) is 9.06. The molecule has 15 heteroatoms. The standard InChI is InChI=1S/C12H9N3O.C12H12N2O2S.C10H7Cl2N3O/c1-8-11(9-2-4-14-5-3-9)6-10(7-13)12(16)15-8;1-7-10(14-12(16)13-7)11(15)8-3-5-9(17-2)6-4-8;11-6-1-2-7-5(9(6)12)3-15-4-8(16)14-10(15)13-7/h2-6H,1H3,(H,15,16);3-6H,1-2H3,(H2,13,14,16);1-2H,3-4H2,(H,13,14,16). The number of nitriles is 1. The van der Waals surface area contributed by atoms with Crippen LogP contribution in [0.25, 0.3) is 11.1 Å². The molecule has 1 saturated heterocycles. The number of aryl methyl sites for hydroxylation is 2. The number of halogens is 2. The minimum absolute atomic E-state index is 0.0474. The summed E-state index contributed by atoms with van der Waals surface area (Å²) >= 11 is 13.7. The second-order valence-electron chi connectivity index (χ2n) is 10.7. The molecule has 0 unspecified atom stereocenters. The summed E-state index contributed by atoms with van der Waals surface area (Å²) < 4.78 is 0. The molecule has 2 aliphatic rings. The summed E-state index contributed by atoms with van der Waals surface area (Å²) in [6.45, 7) is 4.38. The Bertz CT molecular complexity index is 2240. The second-order valence-corrected chi connectivity index (χ2v) is 12.4. The molecular weight excluding hydrogens is 687 g/mol. The fourth-order valence-electron chi connectivity index (χ4n) is 4.99. The van der Waals surface area contributed by atoms with E-state index < -0.39 is 0 Å². The number of fused-ring (bicyclic) bond motifs is 2. The Morgan fingerprint density at radius 3 is 2.29 bits per heavy atom. The van der Waals surface area contributed by atoms with Crippen LogP contribution >= 0.6 is 35.0 Å². The van der Waals surface area contributed by atoms with Crippen LogP contribution in [0.1, 0.15) is 38.6 Å². The molecule has 248 valence electrons. The van der Waals surface area contributed by atoms with Gasteiger partial charge in [-0.05, 0) is 80.3 Å². The summed E-state index contributed by atoms with van der Waals surface area (Å²) in [7, 11) is 0. The van der Waals surface area contributed by atoms with Gasteiger partial charge in [-0.15, -0.1) is 11.8 Å². The van der Waals surface area contributed by atoms with Crippen molar-refractivity contribution in [3.63, 3.8) is 0 Å². The van der Waals surface area contributed by atoms with Crippen molar-refractivity contribution in [2.24, 2.45) is 4.99 Å². The van der Waals surface area contributed by atoms with Crippen molar-refractivity contribution < 1.29 is 9.59 Å². The summed E-state index contributed by atoms with van der Waals surface area (Å²) in [6, 6.07) is 18.0. The highest BCUT2D eigenvalue weighted by Gasteiger charge is 2.30. The fraction of sp³-hybridized carbons (Fsp3) is 0.147. The van der Waals surface area contributed by atoms with E-state index in [9.17, 15) is 19.2 Å². The van der Waals surface area contributed by atoms with Crippen LogP contribution < -0.4 is 16.6 Å². The summed E-state index contributed by atoms with van der Waals surface area (Å²) in [5, 5.41) is 12.5. The van der Waals surface area contributed by atoms with Crippen molar-refractivity contribution in [2.45, 2.75) is 25.3 Å². The van der Waals surface area contributed by atoms with E-state index in [1.807, 2.05) is 41.5 Å². The molecule has 0 bridgehead atoms. The van der Waals surface area contributed by atoms with Crippen LogP contribution in [-0.2, 0) is 11.3 Å². The highest BCUT2D eigenvalue weighted by Crippen LogP contribution is 2.36. The van der Waals surface area contributed by atoms with Gasteiger partial charge >= 0.3 is 5.69 Å². The summed E-state index contributed by atoms with van der Waals surface area (Å²) in [6.07, 6.45) is 5.32. The lowest BCUT2D eigenvalue weighted by Gasteiger charge is -2.23. The van der Waals surface area contributed by atoms with Crippen LogP contribution in [0, 0.1) is 25.2 Å². The number of hydrogen-bond acceptors (Lipinski definition) is 9. The first-order valence-corrected chi connectivity index (χ1v) is 16.6. The molecule has 49 heavy (non-hydrogen) atoms. The van der Waals surface area contributed by atoms with Crippen LogP contribution in [0.2, 0.25) is 10.0 Å². The smallest absolute Gasteiger partial charge is 0.323 e. The molecule has 1 fully saturated rings. The number of rotatable bonds is 4. The van der Waals surface area contributed by atoms with E-state index in [2.05, 4.69) is 30.2 Å². The lowest BCUT2D eigenvalue weighted by molar-refractivity contribution is -0.118. The number of imidazole rings is 1. The molecule has 7 rings (SSSR count). The van der Waals surface area contributed by atoms with Gasteiger partial charge in [0, 0.05) is 45.4 Å². The van der Waals surface area contributed by atoms with Crippen LogP contribution in [0.15, 0.2) is 86.5 Å². The largest absolute Gasteiger partial charge is 0.329 e. The van der Waals surface area contributed by atoms with Gasteiger partial charge in [0.05, 0.1) is 22.3 Å². The van der Waals surface area contributed by atoms with Gasteiger partial charge in [0.1, 0.15) is 23.9 Å². The maximum atomic E-state index is 12.1. The zero-order valence-corrected chi connectivity index (χ0v) is 28.7. The van der Waals surface area contributed by atoms with E-state index >= 15 is 0 Å². The maximum Gasteiger partial charge on any atom is 0.323 e. The van der Waals surface area contributed by atoms with Gasteiger partial charge in [-0.2, -0.15) is 5.26 Å². The van der Waals surface area contributed by atoms with Gasteiger partial charge in [0.15, 0.2) is 0 Å². The number of pyridine rings is 2. The quantitative estimate of drug-likeness (QED) is 0.139. The number of thioether (sulfide) groups is 1. The third kappa shape index (κ3) is 8.01. The Morgan fingerprint density at radius 2 is 1.65 bits per heavy atom. The third-order valence-electron chi connectivity index (χ3n) is 7.48. The zero-order valence-electron chi connectivity index (χ0n) is 26.4. The lowest BCUT2D eigenvalue weighted by Crippen LogP contribution is -2.32. The van der Waals surface area contributed by atoms with Gasteiger partial charge < -0.3 is 19.9 Å². The SMILES string of the molecule is CSc1ccc(C(=O)c2[nH]c(=O)[nH]c2C)cc1.Cc1[nH]c(=O)c(C#N)cc1-c1ccncc1.O=C1CN2Cc3c(ccc(Cl)c3Cl)N=C2N1. The van der Waals surface area contributed by atoms with Crippen molar-refractivity contribution in [1.82, 2.24) is 30.2 Å². The Hall–Kier alpha value is -5.42. The second kappa shape index (κ2) is 15.2. The topological polar surface area (TPSA) is 180 Å². The number of carbonyl (C=O) groups excluding carboxylic acids is 2. The molecule has 0 radical (unpaired) electrons. The summed E-state index contributed by atoms with van der Waals surface area (Å²) in [4.78, 5) is 64.6. The van der Waals surface area contributed by atoms with E-state index in [4.69, 9.17) is 28.5 Å². The number of H-pyrrole nitrogens is 3. The number of nitrogens with one attached hydrogen (secondary N) is 4. The van der Waals surface area contributed by atoms with Crippen molar-refractivity contribution in [3.8, 4) is 17.2 Å². The van der Waals surface area contributed by atoms with Crippen LogP contribution in [-0.4, -0.2) is 55.3 Å². The molecule has 5 heterocycles. The summed E-state index contributed by atoms with van der Waals surface area (Å²) in [5.74, 6) is 0.373. The fourth-order valence-corrected chi connectivity index (χ4v) is 5.79. The molecule has 4 N–H and O–H groups in total. The van der Waals surface area contributed by atoms with Crippen molar-refractivity contribution in [2.75, 3.05) is 12.8 Å². The number of amides is 1. The predicted octanol–water partition coefficient (Wildman–Crippen LogP) is 5.51. The highest BCUT2D eigenvalue weighted by atomic mass is 35.5. The van der Waals surface area contributed by atoms with E-state index in [1.54, 1.807) is 68.3 Å². The normalized spacial score (nSPS) is 12.6. The van der Waals surface area contributed by atoms with Crippen molar-refractivity contribution in [1.29, 1.82) is 5.26 Å². The number of aromatic amines is 3. The lowest BCUT2D eigenvalue weighted by atomic mass is 10.0. The Labute approximate surface area is 294 Å². The molecule has 2 aliphatic heterocycles. The maximum absolute atomic E-state index is 12.1. The van der Waals surface area contributed by atoms with E-state index in [0.29, 0.717) is 46.0 Å². The zero-order chi connectivity index (χ0) is 35.2. The van der Waals surface area contributed by atoms with Crippen molar-refractivity contribution >= 4 is 58.3 Å². The molecule has 1 amide bonds. The monoisotopic (exact) mass is 714 g/mol. The highest BCUT2D eigenvalue weighted by molar-refractivity contribution is 7.98. The number of nitrogens with zero attached hydrogens (tertiary/aromatic N) is 4. The molecule has 3 aromatic heterocycles. The average molecular weight is 716 g/mol. The number of benzene rings is 2. The first-order valence-electron chi connectivity index (χ1n) is 14.6. The van der Waals surface area contributed by atoms with E-state index in [-0.39, 0.29) is 28.5 Å². The molecule has 0 spiro atoms. The minimum atomic E-state index is -0.355. The van der Waals surface area contributed by atoms with Crippen LogP contribution in [0.4, 0.5) is 5.69 Å². The molecular formula is C34H28Cl2N8O4S. The van der Waals surface area contributed by atoms with Gasteiger partial charge in [-0.3, -0.25) is 24.7 Å². The van der Waals surface area contributed by atoms with Crippen molar-refractivity contribution in [3.05, 3.63) is 132 Å². The van der Waals surface area contributed by atoms with Crippen LogP contribution in [0.5, 0.6) is 0 Å². The number of carbonyl (C=O) groups is 2. The number of aliphatic imine (C=N–C) groups is 1. The molecule has 0 saturated carbocycles. The van der Waals surface area contributed by atoms with Gasteiger partial charge in [-0.1, -0.05) is 23.2 Å². The number of aromatic nitrogens is 4. The number of guanidine groups is 1. The Balaban J connectivity index is 0.000000143. The first kappa shape index (κ1) is 34.9. The van der Waals surface area contributed by atoms with Gasteiger partial charge in [0.2, 0.25) is 17.6 Å². The molecule has 2 aromatic carbocycles. The molecule has 12 nitrogen and oxygen atoms in total. The summed E-state index contributed by atoms with van der Waals surface area (Å²) in [5.41, 5.74) is 5.04. The number of ketones is 1. The van der Waals surface area contributed by atoms with Gasteiger partial charge in [0.25, 0.3) is 5.56 Å². The molecule has 0 aliphatic carbocycles. The first-order chi connectivity index (χ1) is 23.5. The Kier molecular flexibility index (Phi) is 10.8. The van der Waals surface area contributed by atoms with E-state index in [1.165, 1.54) is 0 Å². The molecule has 0 atom stereocenters. The Morgan fingerprint density at radius 1 is 0.939 bits per heavy atom. The minimum Gasteiger partial charge on any atom is -0.329 e. The number of hydrogen-bond donors (Lipinski definition) is 4. The predicted molar refractivity (Wildman–Crippen MR) is 190 cm³/mol. The van der Waals surface area contributed by atoms with E-state index in [0.717, 1.165) is 33.0 Å². The molecule has 5 aromatic rings. The van der Waals surface area contributed by atoms with Crippen LogP contribution in [0.3, 0.4) is 0 Å².